The summed E-state index contributed by atoms with van der Waals surface area (Å²) in [4.78, 5) is 37.3. The summed E-state index contributed by atoms with van der Waals surface area (Å²) in [6.45, 7) is 8.90. The van der Waals surface area contributed by atoms with Crippen molar-refractivity contribution in [2.24, 2.45) is 0 Å². The molecule has 0 aliphatic heterocycles. The Labute approximate surface area is 266 Å². The van der Waals surface area contributed by atoms with Gasteiger partial charge in [-0.25, -0.2) is 0 Å². The van der Waals surface area contributed by atoms with E-state index in [0.717, 1.165) is 119 Å². The minimum atomic E-state index is 0.187. The highest BCUT2D eigenvalue weighted by molar-refractivity contribution is 7.17. The Morgan fingerprint density at radius 3 is 1.02 bits per heavy atom. The van der Waals surface area contributed by atoms with Crippen LogP contribution in [0.4, 0.5) is 0 Å². The number of carbonyl (C=O) groups excluding carboxylic acids is 2. The maximum Gasteiger partial charge on any atom is 0.205 e. The van der Waals surface area contributed by atoms with Gasteiger partial charge in [-0.2, -0.15) is 0 Å². The molecular weight excluding hydrogens is 593 g/mol. The van der Waals surface area contributed by atoms with E-state index < -0.39 is 0 Å². The van der Waals surface area contributed by atoms with Crippen LogP contribution in [0.2, 0.25) is 0 Å². The Morgan fingerprint density at radius 1 is 0.429 bits per heavy atom. The zero-order valence-electron chi connectivity index (χ0n) is 25.2. The molecule has 6 heteroatoms. The van der Waals surface area contributed by atoms with E-state index in [1.54, 1.807) is 22.7 Å². The van der Waals surface area contributed by atoms with E-state index in [4.69, 9.17) is 0 Å². The first-order valence-corrected chi connectivity index (χ1v) is 19.1. The van der Waals surface area contributed by atoms with Gasteiger partial charge in [-0.15, -0.1) is 45.3 Å². The first-order valence-electron chi connectivity index (χ1n) is 15.8. The van der Waals surface area contributed by atoms with E-state index in [1.807, 2.05) is 22.7 Å². The molecule has 4 aromatic heterocycles. The molecule has 0 N–H and O–H groups in total. The first kappa shape index (κ1) is 29.9. The maximum absolute atomic E-state index is 14.0. The van der Waals surface area contributed by atoms with Crippen LogP contribution >= 0.6 is 45.3 Å². The third-order valence-electron chi connectivity index (χ3n) is 8.38. The summed E-state index contributed by atoms with van der Waals surface area (Å²) in [5.74, 6) is 0.374. The Kier molecular flexibility index (Phi) is 9.16. The molecule has 0 unspecified atom stereocenters. The van der Waals surface area contributed by atoms with Crippen molar-refractivity contribution in [1.82, 2.24) is 0 Å². The lowest BCUT2D eigenvalue weighted by Gasteiger charge is -2.23. The molecule has 0 aromatic carbocycles. The molecule has 4 heterocycles. The van der Waals surface area contributed by atoms with E-state index in [-0.39, 0.29) is 11.6 Å². The molecule has 4 aromatic rings. The Morgan fingerprint density at radius 2 is 0.714 bits per heavy atom. The van der Waals surface area contributed by atoms with Crippen LogP contribution in [-0.4, -0.2) is 11.6 Å². The SMILES string of the molecule is CCCCc1cc2c(s1)C(=O)c1cc(CCCC)sc1/C2=C1\c2cc(CCCC)sc2C(=O)c2cc(CCCC)sc21. The van der Waals surface area contributed by atoms with Crippen LogP contribution in [0, 0.1) is 0 Å². The number of carbonyl (C=O) groups is 2. The summed E-state index contributed by atoms with van der Waals surface area (Å²) < 4.78 is 0. The van der Waals surface area contributed by atoms with Crippen molar-refractivity contribution < 1.29 is 9.59 Å². The van der Waals surface area contributed by atoms with E-state index in [9.17, 15) is 9.59 Å². The fourth-order valence-electron chi connectivity index (χ4n) is 6.07. The normalized spacial score (nSPS) is 15.6. The lowest BCUT2D eigenvalue weighted by molar-refractivity contribution is 0.103. The quantitative estimate of drug-likeness (QED) is 0.134. The highest BCUT2D eigenvalue weighted by Gasteiger charge is 2.39. The summed E-state index contributed by atoms with van der Waals surface area (Å²) in [6.07, 6.45) is 13.1. The van der Waals surface area contributed by atoms with Crippen molar-refractivity contribution in [2.45, 2.75) is 105 Å². The van der Waals surface area contributed by atoms with Crippen molar-refractivity contribution >= 4 is 68.1 Å². The molecular formula is C36H40O2S4. The molecule has 2 nitrogen and oxygen atoms in total. The van der Waals surface area contributed by atoms with E-state index >= 15 is 0 Å². The molecule has 42 heavy (non-hydrogen) atoms. The number of fused-ring (bicyclic) bond motifs is 4. The summed E-state index contributed by atoms with van der Waals surface area (Å²) in [7, 11) is 0. The minimum Gasteiger partial charge on any atom is -0.288 e. The standard InChI is InChI=1S/C36H40O2S4/c1-5-9-13-21-17-25-29(33-27(31(37)35(25)41-21)19-23(39-33)15-11-7-3)30-26-18-22(14-10-6-2)42-36(26)32(38)28-20-24(16-12-8-4)40-34(28)30/h17-20H,5-16H2,1-4H3/b30-29+. The van der Waals surface area contributed by atoms with Gasteiger partial charge in [0.05, 0.1) is 9.75 Å². The second-order valence-electron chi connectivity index (χ2n) is 11.6. The third-order valence-corrected chi connectivity index (χ3v) is 13.2. The number of hydrogen-bond acceptors (Lipinski definition) is 6. The van der Waals surface area contributed by atoms with Gasteiger partial charge in [0, 0.05) is 62.7 Å². The number of ketones is 2. The monoisotopic (exact) mass is 632 g/mol. The largest absolute Gasteiger partial charge is 0.288 e. The van der Waals surface area contributed by atoms with Gasteiger partial charge in [0.1, 0.15) is 0 Å². The van der Waals surface area contributed by atoms with Crippen LogP contribution < -0.4 is 0 Å². The Hall–Kier alpha value is -2.12. The molecule has 2 aliphatic carbocycles. The van der Waals surface area contributed by atoms with Gasteiger partial charge in [-0.1, -0.05) is 53.4 Å². The smallest absolute Gasteiger partial charge is 0.205 e. The number of unbranched alkanes of at least 4 members (excludes halogenated alkanes) is 4. The molecule has 0 amide bonds. The molecule has 0 radical (unpaired) electrons. The van der Waals surface area contributed by atoms with Gasteiger partial charge in [0.25, 0.3) is 0 Å². The second-order valence-corrected chi connectivity index (χ2v) is 16.2. The minimum absolute atomic E-state index is 0.187. The molecule has 6 rings (SSSR count). The molecule has 0 saturated heterocycles. The number of aryl methyl sites for hydroxylation is 4. The van der Waals surface area contributed by atoms with Crippen LogP contribution in [0.5, 0.6) is 0 Å². The van der Waals surface area contributed by atoms with Crippen molar-refractivity contribution in [3.05, 3.63) is 85.5 Å². The van der Waals surface area contributed by atoms with Gasteiger partial charge in [-0.3, -0.25) is 9.59 Å². The third kappa shape index (κ3) is 5.38. The Balaban J connectivity index is 1.64. The van der Waals surface area contributed by atoms with Crippen LogP contribution in [0.15, 0.2) is 24.3 Å². The number of hydrogen-bond donors (Lipinski definition) is 0. The van der Waals surface area contributed by atoms with E-state index in [0.29, 0.717) is 0 Å². The van der Waals surface area contributed by atoms with Crippen molar-refractivity contribution in [3.8, 4) is 0 Å². The highest BCUT2D eigenvalue weighted by atomic mass is 32.1. The van der Waals surface area contributed by atoms with Gasteiger partial charge in [0.2, 0.25) is 11.6 Å². The fraction of sp³-hybridized carbons (Fsp3) is 0.444. The molecule has 0 spiro atoms. The maximum atomic E-state index is 14.0. The average Bonchev–Trinajstić information content (AvgIpc) is 3.79. The number of thiophene rings is 4. The van der Waals surface area contributed by atoms with Crippen molar-refractivity contribution in [2.75, 3.05) is 0 Å². The van der Waals surface area contributed by atoms with Crippen LogP contribution in [0.1, 0.15) is 150 Å². The summed E-state index contributed by atoms with van der Waals surface area (Å²) in [5, 5.41) is 0. The average molecular weight is 633 g/mol. The molecule has 0 fully saturated rings. The molecule has 0 atom stereocenters. The van der Waals surface area contributed by atoms with Gasteiger partial charge >= 0.3 is 0 Å². The summed E-state index contributed by atoms with van der Waals surface area (Å²) >= 11 is 7.02. The predicted molar refractivity (Wildman–Crippen MR) is 184 cm³/mol. The van der Waals surface area contributed by atoms with Crippen LogP contribution in [0.25, 0.3) is 11.1 Å². The first-order chi connectivity index (χ1) is 20.5. The molecule has 0 saturated carbocycles. The zero-order valence-corrected chi connectivity index (χ0v) is 28.5. The van der Waals surface area contributed by atoms with Gasteiger partial charge < -0.3 is 0 Å². The predicted octanol–water partition coefficient (Wildman–Crippen LogP) is 11.4. The summed E-state index contributed by atoms with van der Waals surface area (Å²) in [5.41, 5.74) is 6.33. The van der Waals surface area contributed by atoms with Crippen molar-refractivity contribution in [1.29, 1.82) is 0 Å². The van der Waals surface area contributed by atoms with Crippen molar-refractivity contribution in [3.63, 3.8) is 0 Å². The van der Waals surface area contributed by atoms with Crippen LogP contribution in [0.3, 0.4) is 0 Å². The molecule has 2 aliphatic rings. The second kappa shape index (κ2) is 12.9. The molecule has 220 valence electrons. The van der Waals surface area contributed by atoms with Crippen LogP contribution in [-0.2, 0) is 25.7 Å². The topological polar surface area (TPSA) is 34.1 Å². The fourth-order valence-corrected chi connectivity index (χ4v) is 10.9. The van der Waals surface area contributed by atoms with E-state index in [1.165, 1.54) is 30.7 Å². The van der Waals surface area contributed by atoms with Gasteiger partial charge in [-0.05, 0) is 75.6 Å². The lowest BCUT2D eigenvalue weighted by atomic mass is 9.82. The molecule has 0 bridgehead atoms. The number of rotatable bonds is 12. The lowest BCUT2D eigenvalue weighted by Crippen LogP contribution is -2.14. The zero-order chi connectivity index (χ0) is 29.4. The highest BCUT2D eigenvalue weighted by Crippen LogP contribution is 2.53. The Bertz CT molecular complexity index is 1430. The van der Waals surface area contributed by atoms with E-state index in [2.05, 4.69) is 52.0 Å². The van der Waals surface area contributed by atoms with Gasteiger partial charge in [0.15, 0.2) is 0 Å². The summed E-state index contributed by atoms with van der Waals surface area (Å²) in [6, 6.07) is 9.00.